The molecule has 3 aromatic rings. The number of nitrogens with zero attached hydrogens (tertiary/aromatic N) is 5. The van der Waals surface area contributed by atoms with Gasteiger partial charge in [-0.05, 0) is 30.7 Å². The molecule has 0 radical (unpaired) electrons. The molecule has 1 aliphatic heterocycles. The van der Waals surface area contributed by atoms with Crippen molar-refractivity contribution in [2.24, 2.45) is 0 Å². The van der Waals surface area contributed by atoms with Crippen molar-refractivity contribution in [2.45, 2.75) is 26.2 Å². The molecule has 7 heteroatoms. The molecule has 0 amide bonds. The van der Waals surface area contributed by atoms with Crippen molar-refractivity contribution in [3.8, 4) is 0 Å². The van der Waals surface area contributed by atoms with Crippen LogP contribution in [0.1, 0.15) is 26.2 Å². The van der Waals surface area contributed by atoms with E-state index in [0.29, 0.717) is 31.1 Å². The number of aromatic nitrogens is 3. The quantitative estimate of drug-likeness (QED) is 0.502. The first-order chi connectivity index (χ1) is 15.3. The Balaban J connectivity index is 1.73. The third-order valence-corrected chi connectivity index (χ3v) is 5.20. The van der Waals surface area contributed by atoms with Gasteiger partial charge in [0.25, 0.3) is 0 Å². The molecular formula is C24H30N6O. The minimum atomic E-state index is 0.604. The van der Waals surface area contributed by atoms with Crippen molar-refractivity contribution in [3.05, 3.63) is 60.7 Å². The van der Waals surface area contributed by atoms with Gasteiger partial charge in [0.1, 0.15) is 0 Å². The zero-order valence-electron chi connectivity index (χ0n) is 18.1. The van der Waals surface area contributed by atoms with Crippen LogP contribution in [0.15, 0.2) is 60.7 Å². The van der Waals surface area contributed by atoms with E-state index in [4.69, 9.17) is 19.7 Å². The molecule has 162 valence electrons. The molecule has 2 aromatic carbocycles. The summed E-state index contributed by atoms with van der Waals surface area (Å²) in [6.07, 6.45) is 3.45. The van der Waals surface area contributed by atoms with Crippen LogP contribution < -0.4 is 15.1 Å². The smallest absolute Gasteiger partial charge is 0.241 e. The van der Waals surface area contributed by atoms with Gasteiger partial charge in [-0.1, -0.05) is 56.2 Å². The molecule has 7 nitrogen and oxygen atoms in total. The first-order valence-electron chi connectivity index (χ1n) is 11.1. The summed E-state index contributed by atoms with van der Waals surface area (Å²) >= 11 is 0. The SMILES string of the molecule is CCCCCNc1nc(N2CCOCC2)nc(N(c2ccccc2)c2ccccc2)n1. The van der Waals surface area contributed by atoms with Crippen molar-refractivity contribution >= 4 is 29.2 Å². The molecule has 0 aliphatic carbocycles. The van der Waals surface area contributed by atoms with Crippen LogP contribution in [0.3, 0.4) is 0 Å². The van der Waals surface area contributed by atoms with E-state index in [0.717, 1.165) is 37.4 Å². The predicted molar refractivity (Wildman–Crippen MR) is 126 cm³/mol. The van der Waals surface area contributed by atoms with Gasteiger partial charge >= 0.3 is 0 Å². The van der Waals surface area contributed by atoms with Crippen LogP contribution in [0.4, 0.5) is 29.2 Å². The number of benzene rings is 2. The molecule has 1 aromatic heterocycles. The molecule has 0 unspecified atom stereocenters. The molecule has 2 heterocycles. The number of nitrogens with one attached hydrogen (secondary N) is 1. The number of morpholine rings is 1. The lowest BCUT2D eigenvalue weighted by Gasteiger charge is -2.29. The van der Waals surface area contributed by atoms with E-state index in [1.807, 2.05) is 36.4 Å². The Bertz CT molecular complexity index is 892. The second-order valence-electron chi connectivity index (χ2n) is 7.50. The Kier molecular flexibility index (Phi) is 7.28. The van der Waals surface area contributed by atoms with Gasteiger partial charge in [0.2, 0.25) is 17.8 Å². The van der Waals surface area contributed by atoms with Gasteiger partial charge in [-0.25, -0.2) is 0 Å². The summed E-state index contributed by atoms with van der Waals surface area (Å²) in [7, 11) is 0. The van der Waals surface area contributed by atoms with Crippen molar-refractivity contribution in [3.63, 3.8) is 0 Å². The van der Waals surface area contributed by atoms with Gasteiger partial charge in [-0.3, -0.25) is 4.90 Å². The molecule has 1 N–H and O–H groups in total. The molecular weight excluding hydrogens is 388 g/mol. The molecule has 0 bridgehead atoms. The van der Waals surface area contributed by atoms with Gasteiger partial charge in [-0.15, -0.1) is 0 Å². The highest BCUT2D eigenvalue weighted by molar-refractivity contribution is 5.73. The van der Waals surface area contributed by atoms with Gasteiger partial charge in [0.15, 0.2) is 0 Å². The van der Waals surface area contributed by atoms with Crippen LogP contribution in [-0.4, -0.2) is 47.8 Å². The summed E-state index contributed by atoms with van der Waals surface area (Å²) in [6.45, 7) is 5.96. The standard InChI is InChI=1S/C24H30N6O/c1-2-3-10-15-25-22-26-23(29-16-18-31-19-17-29)28-24(27-22)30(20-11-6-4-7-12-20)21-13-8-5-9-14-21/h4-9,11-14H,2-3,10,15-19H2,1H3,(H,25,26,27,28). The van der Waals surface area contributed by atoms with Crippen molar-refractivity contribution in [2.75, 3.05) is 48.0 Å². The number of rotatable bonds is 9. The Hall–Kier alpha value is -3.19. The zero-order valence-corrected chi connectivity index (χ0v) is 18.1. The summed E-state index contributed by atoms with van der Waals surface area (Å²) in [5.41, 5.74) is 2.01. The van der Waals surface area contributed by atoms with E-state index in [1.165, 1.54) is 12.8 Å². The number of ether oxygens (including phenoxy) is 1. The van der Waals surface area contributed by atoms with Gasteiger partial charge in [0, 0.05) is 31.0 Å². The Morgan fingerprint density at radius 3 is 2.13 bits per heavy atom. The van der Waals surface area contributed by atoms with E-state index in [-0.39, 0.29) is 0 Å². The van der Waals surface area contributed by atoms with Crippen LogP contribution in [-0.2, 0) is 4.74 Å². The predicted octanol–water partition coefficient (Wildman–Crippen LogP) is 4.78. The van der Waals surface area contributed by atoms with Crippen molar-refractivity contribution < 1.29 is 4.74 Å². The van der Waals surface area contributed by atoms with E-state index in [9.17, 15) is 0 Å². The second kappa shape index (κ2) is 10.7. The summed E-state index contributed by atoms with van der Waals surface area (Å²) < 4.78 is 5.52. The maximum absolute atomic E-state index is 5.52. The zero-order chi connectivity index (χ0) is 21.3. The fourth-order valence-electron chi connectivity index (χ4n) is 3.55. The number of unbranched alkanes of at least 4 members (excludes halogenated alkanes) is 2. The van der Waals surface area contributed by atoms with Crippen molar-refractivity contribution in [1.29, 1.82) is 0 Å². The lowest BCUT2D eigenvalue weighted by atomic mass is 10.2. The monoisotopic (exact) mass is 418 g/mol. The number of hydrogen-bond donors (Lipinski definition) is 1. The molecule has 0 spiro atoms. The van der Waals surface area contributed by atoms with Crippen LogP contribution in [0.25, 0.3) is 0 Å². The third-order valence-electron chi connectivity index (χ3n) is 5.20. The van der Waals surface area contributed by atoms with Crippen LogP contribution in [0.5, 0.6) is 0 Å². The normalized spacial score (nSPS) is 13.8. The molecule has 1 saturated heterocycles. The molecule has 1 fully saturated rings. The fourth-order valence-corrected chi connectivity index (χ4v) is 3.55. The summed E-state index contributed by atoms with van der Waals surface area (Å²) in [4.78, 5) is 18.7. The highest BCUT2D eigenvalue weighted by Gasteiger charge is 2.21. The van der Waals surface area contributed by atoms with Crippen LogP contribution in [0, 0.1) is 0 Å². The summed E-state index contributed by atoms with van der Waals surface area (Å²) in [5, 5.41) is 3.41. The fraction of sp³-hybridized carbons (Fsp3) is 0.375. The van der Waals surface area contributed by atoms with Crippen molar-refractivity contribution in [1.82, 2.24) is 15.0 Å². The summed E-state index contributed by atoms with van der Waals surface area (Å²) in [6, 6.07) is 20.4. The number of hydrogen-bond acceptors (Lipinski definition) is 7. The first-order valence-corrected chi connectivity index (χ1v) is 11.1. The minimum absolute atomic E-state index is 0.604. The van der Waals surface area contributed by atoms with Crippen LogP contribution in [0.2, 0.25) is 0 Å². The highest BCUT2D eigenvalue weighted by atomic mass is 16.5. The Morgan fingerprint density at radius 1 is 0.871 bits per heavy atom. The summed E-state index contributed by atoms with van der Waals surface area (Å²) in [5.74, 6) is 1.90. The van der Waals surface area contributed by atoms with E-state index < -0.39 is 0 Å². The average Bonchev–Trinajstić information content (AvgIpc) is 2.84. The van der Waals surface area contributed by atoms with Gasteiger partial charge in [0.05, 0.1) is 13.2 Å². The molecule has 1 aliphatic rings. The molecule has 0 saturated carbocycles. The first kappa shape index (κ1) is 21.1. The number of para-hydroxylation sites is 2. The third kappa shape index (κ3) is 5.49. The molecule has 0 atom stereocenters. The maximum Gasteiger partial charge on any atom is 0.241 e. The Morgan fingerprint density at radius 2 is 1.52 bits per heavy atom. The maximum atomic E-state index is 5.52. The van der Waals surface area contributed by atoms with Gasteiger partial charge < -0.3 is 15.0 Å². The topological polar surface area (TPSA) is 66.4 Å². The Labute approximate surface area is 184 Å². The average molecular weight is 419 g/mol. The lowest BCUT2D eigenvalue weighted by Crippen LogP contribution is -2.37. The van der Waals surface area contributed by atoms with Gasteiger partial charge in [-0.2, -0.15) is 15.0 Å². The number of anilines is 5. The molecule has 4 rings (SSSR count). The van der Waals surface area contributed by atoms with E-state index in [2.05, 4.69) is 46.3 Å². The van der Waals surface area contributed by atoms with E-state index >= 15 is 0 Å². The highest BCUT2D eigenvalue weighted by Crippen LogP contribution is 2.33. The lowest BCUT2D eigenvalue weighted by molar-refractivity contribution is 0.122. The molecule has 31 heavy (non-hydrogen) atoms. The minimum Gasteiger partial charge on any atom is -0.378 e. The largest absolute Gasteiger partial charge is 0.378 e. The van der Waals surface area contributed by atoms with Crippen LogP contribution >= 0.6 is 0 Å². The van der Waals surface area contributed by atoms with E-state index in [1.54, 1.807) is 0 Å². The second-order valence-corrected chi connectivity index (χ2v) is 7.50.